The number of esters is 1. The number of fused-ring (bicyclic) bond motifs is 10. The standard InChI is InChI=1S/C58H82N2O10/c1-31-14-15-34-16-17-39-32(2)23-48(65)56(5,68)53-36(11-9-10-35(24-41(39)40(34)22-31)42-30-70-54(67)49(42)37-19-21-59-28-37)26-58(69)50-43(18-20-55(53,58)4)57(38-12-7-6-8-13-38)27-47(64)46(63)25-44(57)52(66)51(50)60-45(29-61)33(3)62/h16,19,21,28,31-32,35-36,38-49,53,59-61,63-65,68-69H,6-8,11-15,17-18,20,22-27,29-30H2,1-5H3/t31-,32+,35-,36-,39-,40+,41+,42-,43-,44-,45-,46+,47-,48+,49+,53-,55+,56-,57-,58+/m0/s1. The van der Waals surface area contributed by atoms with E-state index in [1.54, 1.807) is 6.92 Å². The lowest BCUT2D eigenvalue weighted by Crippen LogP contribution is -2.67. The summed E-state index contributed by atoms with van der Waals surface area (Å²) < 4.78 is 5.92. The Bertz CT molecular complexity index is 2290. The van der Waals surface area contributed by atoms with Gasteiger partial charge >= 0.3 is 5.97 Å². The van der Waals surface area contributed by atoms with E-state index >= 15 is 4.79 Å². The number of cyclic esters (lactones) is 1. The highest BCUT2D eigenvalue weighted by Gasteiger charge is 2.74. The van der Waals surface area contributed by atoms with Crippen molar-refractivity contribution in [3.63, 3.8) is 0 Å². The zero-order valence-electron chi connectivity index (χ0n) is 42.4. The number of carbonyl (C=O) groups is 3. The van der Waals surface area contributed by atoms with E-state index in [2.05, 4.69) is 42.1 Å². The van der Waals surface area contributed by atoms with Crippen LogP contribution >= 0.6 is 0 Å². The third-order valence-electron chi connectivity index (χ3n) is 21.6. The molecule has 0 unspecified atom stereocenters. The number of ether oxygens (including phenoxy) is 1. The predicted octanol–water partition coefficient (Wildman–Crippen LogP) is 6.68. The van der Waals surface area contributed by atoms with E-state index in [1.165, 1.54) is 18.9 Å². The first kappa shape index (κ1) is 50.2. The zero-order valence-corrected chi connectivity index (χ0v) is 42.4. The molecule has 5 saturated carbocycles. The monoisotopic (exact) mass is 967 g/mol. The minimum absolute atomic E-state index is 0.0110. The third-order valence-corrected chi connectivity index (χ3v) is 21.6. The number of aliphatic hydroxyl groups is 6. The Labute approximate surface area is 415 Å². The topological polar surface area (TPSA) is 210 Å². The Kier molecular flexibility index (Phi) is 13.5. The predicted molar refractivity (Wildman–Crippen MR) is 263 cm³/mol. The summed E-state index contributed by atoms with van der Waals surface area (Å²) >= 11 is 0. The Morgan fingerprint density at radius 2 is 1.71 bits per heavy atom. The first-order chi connectivity index (χ1) is 33.3. The Balaban J connectivity index is 1.12. The number of aliphatic hydroxyl groups excluding tert-OH is 4. The number of aromatic nitrogens is 1. The number of rotatable bonds is 7. The highest BCUT2D eigenvalue weighted by atomic mass is 16.5. The molecule has 8 N–H and O–H groups in total. The Morgan fingerprint density at radius 1 is 0.943 bits per heavy atom. The van der Waals surface area contributed by atoms with E-state index in [-0.39, 0.29) is 91.0 Å². The van der Waals surface area contributed by atoms with Crippen molar-refractivity contribution >= 4 is 17.5 Å². The molecule has 20 atom stereocenters. The van der Waals surface area contributed by atoms with Crippen LogP contribution in [0.1, 0.15) is 155 Å². The molecule has 1 saturated heterocycles. The van der Waals surface area contributed by atoms with Gasteiger partial charge in [0.1, 0.15) is 6.04 Å². The van der Waals surface area contributed by atoms with Gasteiger partial charge in [-0.15, -0.1) is 5.92 Å². The van der Waals surface area contributed by atoms with Gasteiger partial charge in [0.15, 0.2) is 11.6 Å². The number of allylic oxidation sites excluding steroid dienone is 3. The van der Waals surface area contributed by atoms with Gasteiger partial charge in [0.05, 0.1) is 54.3 Å². The number of aromatic amines is 1. The van der Waals surface area contributed by atoms with Crippen LogP contribution in [0.3, 0.4) is 0 Å². The van der Waals surface area contributed by atoms with Crippen molar-refractivity contribution in [1.29, 1.82) is 0 Å². The molecule has 0 amide bonds. The van der Waals surface area contributed by atoms with Crippen molar-refractivity contribution in [1.82, 2.24) is 10.3 Å². The molecule has 1 aromatic rings. The number of H-pyrrole nitrogens is 1. The van der Waals surface area contributed by atoms with Gasteiger partial charge in [0.25, 0.3) is 0 Å². The summed E-state index contributed by atoms with van der Waals surface area (Å²) in [6.07, 6.45) is 14.7. The maximum absolute atomic E-state index is 15.6. The second-order valence-electron chi connectivity index (χ2n) is 25.1. The van der Waals surface area contributed by atoms with Crippen LogP contribution < -0.4 is 5.32 Å². The number of Topliss-reactive ketones (excluding diaryl/α,β-unsaturated/α-hetero) is 2. The average molecular weight is 967 g/mol. The van der Waals surface area contributed by atoms with Crippen LogP contribution in [0.15, 0.2) is 41.4 Å². The quantitative estimate of drug-likeness (QED) is 0.0822. The summed E-state index contributed by atoms with van der Waals surface area (Å²) in [5.41, 5.74) is -2.27. The van der Waals surface area contributed by atoms with Crippen molar-refractivity contribution in [2.45, 2.75) is 185 Å². The molecule has 10 rings (SSSR count). The van der Waals surface area contributed by atoms with E-state index in [0.29, 0.717) is 36.7 Å². The number of hydrogen-bond donors (Lipinski definition) is 8. The van der Waals surface area contributed by atoms with E-state index in [4.69, 9.17) is 4.74 Å². The molecular weight excluding hydrogens is 885 g/mol. The van der Waals surface area contributed by atoms with Crippen LogP contribution in [0, 0.1) is 93.7 Å². The van der Waals surface area contributed by atoms with Crippen LogP contribution in [0.4, 0.5) is 0 Å². The molecule has 0 spiro atoms. The van der Waals surface area contributed by atoms with E-state index in [0.717, 1.165) is 63.4 Å². The largest absolute Gasteiger partial charge is 0.465 e. The molecule has 384 valence electrons. The molecule has 1 aromatic heterocycles. The smallest absolute Gasteiger partial charge is 0.313 e. The fourth-order valence-corrected chi connectivity index (χ4v) is 18.2. The molecule has 1 aliphatic heterocycles. The van der Waals surface area contributed by atoms with Crippen LogP contribution in [-0.4, -0.2) is 102 Å². The highest BCUT2D eigenvalue weighted by molar-refractivity contribution is 6.01. The van der Waals surface area contributed by atoms with Crippen LogP contribution in [0.25, 0.3) is 0 Å². The highest BCUT2D eigenvalue weighted by Crippen LogP contribution is 2.73. The second-order valence-corrected chi connectivity index (χ2v) is 25.1. The summed E-state index contributed by atoms with van der Waals surface area (Å²) in [5.74, 6) is 4.96. The molecule has 9 aliphatic rings. The van der Waals surface area contributed by atoms with Crippen molar-refractivity contribution in [3.05, 3.63) is 46.9 Å². The van der Waals surface area contributed by atoms with Crippen molar-refractivity contribution < 1.29 is 49.8 Å². The summed E-state index contributed by atoms with van der Waals surface area (Å²) in [6.45, 7) is 9.42. The molecular formula is C58H82N2O10. The lowest BCUT2D eigenvalue weighted by molar-refractivity contribution is -0.192. The molecule has 12 heteroatoms. The molecule has 2 heterocycles. The number of hydrogen-bond acceptors (Lipinski definition) is 11. The maximum Gasteiger partial charge on any atom is 0.313 e. The number of nitrogens with one attached hydrogen (secondary N) is 2. The van der Waals surface area contributed by atoms with Gasteiger partial charge in [-0.05, 0) is 167 Å². The first-order valence-corrected chi connectivity index (χ1v) is 27.5. The summed E-state index contributed by atoms with van der Waals surface area (Å²) in [4.78, 5) is 45.6. The molecule has 12 nitrogen and oxygen atoms in total. The third kappa shape index (κ3) is 7.95. The molecule has 70 heavy (non-hydrogen) atoms. The maximum atomic E-state index is 15.6. The summed E-state index contributed by atoms with van der Waals surface area (Å²) in [5, 5.41) is 77.2. The average Bonchev–Trinajstić information content (AvgIpc) is 4.05. The van der Waals surface area contributed by atoms with E-state index < -0.39 is 82.6 Å². The SMILES string of the molecule is CC(=O)[C@H](CO)NC1=C2[C@H](CC[C@]3(C)[C@@H]4[C@@H](CC#C[C@H]([C@@H]5COC(=O)[C@@H]5c5cc[nH]c5)C[C@@H]5[C@@H](CC=C6CC[C@H](C)C[C@H]65)[C@H](C)C[C@@H](O)[C@]4(C)O)C[C@@]23O)[C@@]2(C3CCCCC3)C[C@H](O)[C@H](O)C[C@H]2C1=O. The van der Waals surface area contributed by atoms with E-state index in [9.17, 15) is 40.2 Å². The van der Waals surface area contributed by atoms with Gasteiger partial charge in [-0.3, -0.25) is 14.4 Å². The number of carbonyl (C=O) groups excluding carboxylic acids is 3. The minimum Gasteiger partial charge on any atom is -0.465 e. The van der Waals surface area contributed by atoms with Gasteiger partial charge < -0.3 is 45.7 Å². The van der Waals surface area contributed by atoms with Crippen molar-refractivity contribution in [2.75, 3.05) is 13.2 Å². The Morgan fingerprint density at radius 3 is 2.43 bits per heavy atom. The lowest BCUT2D eigenvalue weighted by Gasteiger charge is -2.64. The van der Waals surface area contributed by atoms with Crippen molar-refractivity contribution in [2.24, 2.45) is 81.8 Å². The van der Waals surface area contributed by atoms with Crippen molar-refractivity contribution in [3.8, 4) is 11.8 Å². The zero-order chi connectivity index (χ0) is 49.7. The normalized spacial score (nSPS) is 46.9. The first-order valence-electron chi connectivity index (χ1n) is 27.5. The van der Waals surface area contributed by atoms with Crippen LogP contribution in [0.5, 0.6) is 0 Å². The minimum atomic E-state index is -1.74. The molecule has 0 radical (unpaired) electrons. The lowest BCUT2D eigenvalue weighted by atomic mass is 9.41. The van der Waals surface area contributed by atoms with Gasteiger partial charge in [-0.1, -0.05) is 57.6 Å². The van der Waals surface area contributed by atoms with Crippen LogP contribution in [-0.2, 0) is 19.1 Å². The second kappa shape index (κ2) is 18.9. The van der Waals surface area contributed by atoms with Gasteiger partial charge in [-0.25, -0.2) is 0 Å². The molecule has 0 bridgehead atoms. The fourth-order valence-electron chi connectivity index (χ4n) is 18.2. The fraction of sp³-hybridized carbons (Fsp3) is 0.776. The van der Waals surface area contributed by atoms with Gasteiger partial charge in [-0.2, -0.15) is 0 Å². The molecule has 8 aliphatic carbocycles. The van der Waals surface area contributed by atoms with Gasteiger partial charge in [0.2, 0.25) is 0 Å². The summed E-state index contributed by atoms with van der Waals surface area (Å²) in [7, 11) is 0. The molecule has 6 fully saturated rings. The van der Waals surface area contributed by atoms with Gasteiger partial charge in [0, 0.05) is 47.9 Å². The van der Waals surface area contributed by atoms with E-state index in [1.807, 2.05) is 25.4 Å². The number of ketones is 2. The summed E-state index contributed by atoms with van der Waals surface area (Å²) in [6, 6.07) is 0.838. The Hall–Kier alpha value is -3.31. The van der Waals surface area contributed by atoms with Crippen LogP contribution in [0.2, 0.25) is 0 Å². The molecule has 0 aromatic carbocycles.